The van der Waals surface area contributed by atoms with Gasteiger partial charge in [0.2, 0.25) is 0 Å². The van der Waals surface area contributed by atoms with Crippen LogP contribution in [-0.4, -0.2) is 0 Å². The third kappa shape index (κ3) is 3.20. The van der Waals surface area contributed by atoms with Crippen molar-refractivity contribution in [1.82, 2.24) is 0 Å². The van der Waals surface area contributed by atoms with Gasteiger partial charge in [-0.1, -0.05) is 98.9 Å². The van der Waals surface area contributed by atoms with Crippen LogP contribution in [0.2, 0.25) is 0 Å². The lowest BCUT2D eigenvalue weighted by Crippen LogP contribution is -2.06. The zero-order valence-corrected chi connectivity index (χ0v) is 19.7. The third-order valence-corrected chi connectivity index (χ3v) is 7.52. The number of hydrogen-bond acceptors (Lipinski definition) is 0. The quantitative estimate of drug-likeness (QED) is 0.370. The lowest BCUT2D eigenvalue weighted by atomic mass is 9.81. The van der Waals surface area contributed by atoms with Gasteiger partial charge in [0, 0.05) is 16.3 Å². The molecule has 0 aliphatic heterocycles. The molecule has 1 heteroatoms. The van der Waals surface area contributed by atoms with Gasteiger partial charge in [-0.3, -0.25) is 0 Å². The van der Waals surface area contributed by atoms with Gasteiger partial charge < -0.3 is 0 Å². The maximum Gasteiger partial charge on any atom is 0.0250 e. The monoisotopic (exact) mass is 454 g/mol. The molecule has 0 saturated heterocycles. The third-order valence-electron chi connectivity index (χ3n) is 6.82. The number of rotatable bonds is 3. The molecular weight excluding hydrogens is 428 g/mol. The molecular formula is C29H27Br. The summed E-state index contributed by atoms with van der Waals surface area (Å²) in [5, 5.41) is 0. The van der Waals surface area contributed by atoms with Crippen LogP contribution in [0.5, 0.6) is 0 Å². The number of aryl methyl sites for hydroxylation is 2. The van der Waals surface area contributed by atoms with Crippen LogP contribution in [0.3, 0.4) is 0 Å². The Morgan fingerprint density at radius 1 is 0.700 bits per heavy atom. The van der Waals surface area contributed by atoms with Crippen LogP contribution in [0, 0.1) is 13.8 Å². The lowest BCUT2D eigenvalue weighted by molar-refractivity contribution is 0.642. The fourth-order valence-electron chi connectivity index (χ4n) is 5.45. The predicted molar refractivity (Wildman–Crippen MR) is 133 cm³/mol. The highest BCUT2D eigenvalue weighted by Crippen LogP contribution is 2.49. The summed E-state index contributed by atoms with van der Waals surface area (Å²) in [5.74, 6) is 0.964. The number of benzene rings is 3. The van der Waals surface area contributed by atoms with Crippen LogP contribution in [0.25, 0.3) is 23.3 Å². The molecule has 0 spiro atoms. The summed E-state index contributed by atoms with van der Waals surface area (Å²) in [6.07, 6.45) is 5.94. The Bertz CT molecular complexity index is 1200. The molecule has 0 bridgehead atoms. The molecule has 3 aromatic carbocycles. The minimum absolute atomic E-state index is 0.476. The molecule has 0 heterocycles. The van der Waals surface area contributed by atoms with Crippen molar-refractivity contribution in [2.24, 2.45) is 0 Å². The van der Waals surface area contributed by atoms with E-state index in [1.807, 2.05) is 0 Å². The van der Waals surface area contributed by atoms with Crippen molar-refractivity contribution in [2.75, 3.05) is 0 Å². The highest BCUT2D eigenvalue weighted by molar-refractivity contribution is 9.10. The van der Waals surface area contributed by atoms with E-state index in [9.17, 15) is 0 Å². The maximum atomic E-state index is 3.74. The Kier molecular flexibility index (Phi) is 4.82. The number of allylic oxidation sites excluding steroid dienone is 2. The molecule has 150 valence electrons. The molecule has 5 rings (SSSR count). The van der Waals surface area contributed by atoms with E-state index >= 15 is 0 Å². The zero-order chi connectivity index (χ0) is 21.0. The van der Waals surface area contributed by atoms with Crippen molar-refractivity contribution in [1.29, 1.82) is 0 Å². The molecule has 2 atom stereocenters. The van der Waals surface area contributed by atoms with E-state index in [1.165, 1.54) is 60.1 Å². The summed E-state index contributed by atoms with van der Waals surface area (Å²) >= 11 is 3.74. The first-order valence-electron chi connectivity index (χ1n) is 10.8. The molecule has 0 amide bonds. The van der Waals surface area contributed by atoms with E-state index in [4.69, 9.17) is 0 Å². The Morgan fingerprint density at radius 2 is 1.27 bits per heavy atom. The second kappa shape index (κ2) is 7.39. The van der Waals surface area contributed by atoms with Crippen LogP contribution >= 0.6 is 15.9 Å². The summed E-state index contributed by atoms with van der Waals surface area (Å²) in [4.78, 5) is 0. The molecule has 0 fully saturated rings. The van der Waals surface area contributed by atoms with Crippen LogP contribution < -0.4 is 0 Å². The van der Waals surface area contributed by atoms with Gasteiger partial charge in [0.15, 0.2) is 0 Å². The van der Waals surface area contributed by atoms with E-state index < -0.39 is 0 Å². The van der Waals surface area contributed by atoms with Gasteiger partial charge in [-0.25, -0.2) is 0 Å². The van der Waals surface area contributed by atoms with Crippen LogP contribution in [-0.2, 0) is 0 Å². The average molecular weight is 455 g/mol. The van der Waals surface area contributed by atoms with E-state index in [-0.39, 0.29) is 0 Å². The fraction of sp³-hybridized carbons (Fsp3) is 0.241. The van der Waals surface area contributed by atoms with Gasteiger partial charge in [0.05, 0.1) is 0 Å². The summed E-state index contributed by atoms with van der Waals surface area (Å²) in [5.41, 5.74) is 14.0. The first-order chi connectivity index (χ1) is 14.4. The second-order valence-electron chi connectivity index (χ2n) is 9.05. The summed E-state index contributed by atoms with van der Waals surface area (Å²) in [7, 11) is 0. The van der Waals surface area contributed by atoms with Crippen LogP contribution in [0.4, 0.5) is 0 Å². The summed E-state index contributed by atoms with van der Waals surface area (Å²) in [6.45, 7) is 8.98. The molecule has 2 aliphatic rings. The number of fused-ring (bicyclic) bond motifs is 2. The van der Waals surface area contributed by atoms with E-state index in [0.29, 0.717) is 11.8 Å². The normalized spacial score (nSPS) is 19.4. The Balaban J connectivity index is 1.54. The van der Waals surface area contributed by atoms with Gasteiger partial charge in [0.1, 0.15) is 0 Å². The van der Waals surface area contributed by atoms with E-state index in [0.717, 1.165) is 6.42 Å². The number of hydrogen-bond donors (Lipinski definition) is 0. The van der Waals surface area contributed by atoms with Crippen molar-refractivity contribution in [3.8, 4) is 11.1 Å². The van der Waals surface area contributed by atoms with Crippen molar-refractivity contribution in [3.05, 3.63) is 104 Å². The number of halogens is 1. The molecule has 2 unspecified atom stereocenters. The first kappa shape index (κ1) is 19.6. The van der Waals surface area contributed by atoms with Crippen molar-refractivity contribution in [2.45, 2.75) is 46.0 Å². The van der Waals surface area contributed by atoms with Crippen LogP contribution in [0.1, 0.15) is 65.5 Å². The van der Waals surface area contributed by atoms with Gasteiger partial charge >= 0.3 is 0 Å². The lowest BCUT2D eigenvalue weighted by Gasteiger charge is -2.22. The Hall–Kier alpha value is -2.38. The van der Waals surface area contributed by atoms with Crippen molar-refractivity contribution < 1.29 is 0 Å². The van der Waals surface area contributed by atoms with Crippen LogP contribution in [0.15, 0.2) is 70.2 Å². The topological polar surface area (TPSA) is 0 Å². The van der Waals surface area contributed by atoms with Gasteiger partial charge in [-0.15, -0.1) is 0 Å². The van der Waals surface area contributed by atoms with Crippen molar-refractivity contribution in [3.63, 3.8) is 0 Å². The minimum atomic E-state index is 0.476. The largest absolute Gasteiger partial charge is 0.0651 e. The highest BCUT2D eigenvalue weighted by Gasteiger charge is 2.31. The molecule has 2 aliphatic carbocycles. The fourth-order valence-corrected chi connectivity index (χ4v) is 5.94. The molecule has 0 saturated carbocycles. The zero-order valence-electron chi connectivity index (χ0n) is 18.1. The van der Waals surface area contributed by atoms with Gasteiger partial charge in [-0.2, -0.15) is 0 Å². The Morgan fingerprint density at radius 3 is 1.93 bits per heavy atom. The molecule has 0 aromatic heterocycles. The van der Waals surface area contributed by atoms with Gasteiger partial charge in [0.25, 0.3) is 0 Å². The maximum absolute atomic E-state index is 3.74. The molecule has 30 heavy (non-hydrogen) atoms. The minimum Gasteiger partial charge on any atom is -0.0651 e. The smallest absolute Gasteiger partial charge is 0.0250 e. The predicted octanol–water partition coefficient (Wildman–Crippen LogP) is 8.82. The molecule has 0 nitrogen and oxygen atoms in total. The second-order valence-corrected chi connectivity index (χ2v) is 9.90. The van der Waals surface area contributed by atoms with Crippen molar-refractivity contribution >= 4 is 28.1 Å². The van der Waals surface area contributed by atoms with E-state index in [1.54, 1.807) is 0 Å². The standard InChI is InChI=1S/C29H27Br/c1-17-11-18(2)13-21(12-17)22-7-5-8-23-25(19(3)14-27(22)23)16-26-20(4)15-28-24(26)9-6-10-29(28)30/h5-15,25-26H,16H2,1-4H3. The highest BCUT2D eigenvalue weighted by atomic mass is 79.9. The molecule has 3 aromatic rings. The molecule has 0 radical (unpaired) electrons. The summed E-state index contributed by atoms with van der Waals surface area (Å²) in [6, 6.07) is 20.4. The average Bonchev–Trinajstić information content (AvgIpc) is 3.19. The van der Waals surface area contributed by atoms with E-state index in [2.05, 4.69) is 110 Å². The molecule has 0 N–H and O–H groups in total. The van der Waals surface area contributed by atoms with Gasteiger partial charge in [-0.05, 0) is 73.6 Å². The summed E-state index contributed by atoms with van der Waals surface area (Å²) < 4.78 is 1.21. The SMILES string of the molecule is CC1=Cc2c(Br)cccc2C1CC1C(C)=Cc2c(-c3cc(C)cc(C)c3)cccc21. The first-order valence-corrected chi connectivity index (χ1v) is 11.6. The Labute approximate surface area is 188 Å².